The first-order valence-corrected chi connectivity index (χ1v) is 13.8. The number of nitrogens with zero attached hydrogens (tertiary/aromatic N) is 1. The number of hydrogen-bond donors (Lipinski definition) is 2. The molecule has 1 saturated heterocycles. The van der Waals surface area contributed by atoms with Crippen molar-refractivity contribution in [1.29, 1.82) is 0 Å². The summed E-state index contributed by atoms with van der Waals surface area (Å²) >= 11 is 6.23. The van der Waals surface area contributed by atoms with Gasteiger partial charge in [-0.05, 0) is 66.8 Å². The molecule has 0 aromatic heterocycles. The minimum absolute atomic E-state index is 0.142. The van der Waals surface area contributed by atoms with Gasteiger partial charge in [0.05, 0.1) is 5.56 Å². The Balaban J connectivity index is 1.31. The summed E-state index contributed by atoms with van der Waals surface area (Å²) in [7, 11) is 0. The number of hydrogen-bond acceptors (Lipinski definition) is 4. The fraction of sp³-hybridized carbons (Fsp3) is 0.212. The van der Waals surface area contributed by atoms with Gasteiger partial charge < -0.3 is 20.1 Å². The second-order valence-corrected chi connectivity index (χ2v) is 10.3. The summed E-state index contributed by atoms with van der Waals surface area (Å²) in [5, 5.41) is 13.1. The third-order valence-corrected chi connectivity index (χ3v) is 7.30. The molecule has 1 heterocycles. The highest BCUT2D eigenvalue weighted by atomic mass is 35.5. The van der Waals surface area contributed by atoms with Gasteiger partial charge in [-0.1, -0.05) is 72.3 Å². The first-order chi connectivity index (χ1) is 19.5. The first-order valence-electron chi connectivity index (χ1n) is 13.5. The van der Waals surface area contributed by atoms with E-state index in [0.29, 0.717) is 10.6 Å². The van der Waals surface area contributed by atoms with E-state index in [1.54, 1.807) is 12.1 Å². The number of aliphatic carboxylic acids is 1. The van der Waals surface area contributed by atoms with Crippen LogP contribution in [0.15, 0.2) is 97.1 Å². The lowest BCUT2D eigenvalue weighted by molar-refractivity contribution is -0.139. The summed E-state index contributed by atoms with van der Waals surface area (Å²) < 4.78 is 6.10. The predicted molar refractivity (Wildman–Crippen MR) is 159 cm³/mol. The third kappa shape index (κ3) is 6.64. The fourth-order valence-electron chi connectivity index (χ4n) is 5.00. The number of carboxylic acid groups (broad SMARTS) is 1. The molecule has 4 aromatic carbocycles. The number of nitrogens with one attached hydrogen (secondary N) is 1. The van der Waals surface area contributed by atoms with Crippen molar-refractivity contribution < 1.29 is 19.4 Å². The van der Waals surface area contributed by atoms with Crippen LogP contribution in [0, 0.1) is 0 Å². The van der Waals surface area contributed by atoms with Crippen molar-refractivity contribution in [2.75, 3.05) is 18.0 Å². The Hall–Kier alpha value is -4.29. The average Bonchev–Trinajstić information content (AvgIpc) is 2.98. The number of anilines is 1. The maximum absolute atomic E-state index is 13.3. The summed E-state index contributed by atoms with van der Waals surface area (Å²) in [5.41, 5.74) is 3.83. The quantitative estimate of drug-likeness (QED) is 0.228. The number of carbonyl (C=O) groups is 2. The highest BCUT2D eigenvalue weighted by Crippen LogP contribution is 2.33. The molecule has 0 unspecified atom stereocenters. The molecule has 5 rings (SSSR count). The van der Waals surface area contributed by atoms with Gasteiger partial charge in [0.15, 0.2) is 0 Å². The van der Waals surface area contributed by atoms with Crippen LogP contribution in [-0.4, -0.2) is 36.1 Å². The Bertz CT molecular complexity index is 1470. The zero-order valence-corrected chi connectivity index (χ0v) is 22.8. The lowest BCUT2D eigenvalue weighted by atomic mass is 9.99. The van der Waals surface area contributed by atoms with E-state index in [-0.39, 0.29) is 6.42 Å². The molecule has 0 spiro atoms. The molecular formula is C33H31ClN2O4. The third-order valence-electron chi connectivity index (χ3n) is 7.07. The molecule has 2 N–H and O–H groups in total. The standard InChI is InChI=1S/C33H31ClN2O4/c34-25-17-18-30(36-19-7-2-8-20-36)28(22-25)32(37)35-29(33(38)39)21-23-13-15-24(16-14-23)27-11-5-6-12-31(27)40-26-9-3-1-4-10-26/h1,3-6,9-18,22,29H,2,7-8,19-21H2,(H,35,37)(H,38,39)/t29-/m0/s1. The highest BCUT2D eigenvalue weighted by molar-refractivity contribution is 6.31. The molecule has 40 heavy (non-hydrogen) atoms. The average molecular weight is 555 g/mol. The molecule has 0 aliphatic carbocycles. The molecule has 1 aliphatic heterocycles. The van der Waals surface area contributed by atoms with Gasteiger partial charge in [0.25, 0.3) is 5.91 Å². The summed E-state index contributed by atoms with van der Waals surface area (Å²) in [6.45, 7) is 1.71. The minimum Gasteiger partial charge on any atom is -0.480 e. The van der Waals surface area contributed by atoms with Gasteiger partial charge in [0, 0.05) is 35.8 Å². The Morgan fingerprint density at radius 3 is 2.30 bits per heavy atom. The number of halogens is 1. The van der Waals surface area contributed by atoms with Crippen LogP contribution in [0.1, 0.15) is 35.2 Å². The molecule has 1 aliphatic rings. The Morgan fingerprint density at radius 1 is 0.875 bits per heavy atom. The molecule has 204 valence electrons. The van der Waals surface area contributed by atoms with E-state index < -0.39 is 17.9 Å². The Kier molecular flexibility index (Phi) is 8.67. The van der Waals surface area contributed by atoms with Crippen molar-refractivity contribution in [3.05, 3.63) is 113 Å². The van der Waals surface area contributed by atoms with Crippen molar-refractivity contribution in [3.8, 4) is 22.6 Å². The molecular weight excluding hydrogens is 524 g/mol. The van der Waals surface area contributed by atoms with Gasteiger partial charge >= 0.3 is 5.97 Å². The van der Waals surface area contributed by atoms with Crippen molar-refractivity contribution in [2.45, 2.75) is 31.7 Å². The smallest absolute Gasteiger partial charge is 0.326 e. The lowest BCUT2D eigenvalue weighted by Gasteiger charge is -2.30. The van der Waals surface area contributed by atoms with Crippen LogP contribution >= 0.6 is 11.6 Å². The van der Waals surface area contributed by atoms with E-state index in [1.165, 1.54) is 0 Å². The van der Waals surface area contributed by atoms with E-state index in [1.807, 2.05) is 84.9 Å². The maximum Gasteiger partial charge on any atom is 0.326 e. The van der Waals surface area contributed by atoms with Crippen LogP contribution in [-0.2, 0) is 11.2 Å². The molecule has 0 radical (unpaired) electrons. The van der Waals surface area contributed by atoms with Crippen LogP contribution in [0.2, 0.25) is 5.02 Å². The fourth-order valence-corrected chi connectivity index (χ4v) is 5.17. The second-order valence-electron chi connectivity index (χ2n) is 9.89. The number of benzene rings is 4. The maximum atomic E-state index is 13.3. The van der Waals surface area contributed by atoms with Gasteiger partial charge in [-0.2, -0.15) is 0 Å². The number of ether oxygens (including phenoxy) is 1. The zero-order chi connectivity index (χ0) is 27.9. The number of para-hydroxylation sites is 2. The SMILES string of the molecule is O=C(N[C@@H](Cc1ccc(-c2ccccc2Oc2ccccc2)cc1)C(=O)O)c1cc(Cl)ccc1N1CCCCC1. The largest absolute Gasteiger partial charge is 0.480 e. The molecule has 4 aromatic rings. The normalized spacial score (nSPS) is 13.9. The molecule has 7 heteroatoms. The van der Waals surface area contributed by atoms with Gasteiger partial charge in [-0.15, -0.1) is 0 Å². The predicted octanol–water partition coefficient (Wildman–Crippen LogP) is 7.22. The summed E-state index contributed by atoms with van der Waals surface area (Å²) in [5.74, 6) is -0.0717. The van der Waals surface area contributed by atoms with E-state index in [0.717, 1.165) is 66.2 Å². The van der Waals surface area contributed by atoms with Crippen LogP contribution < -0.4 is 15.0 Å². The number of carbonyl (C=O) groups excluding carboxylic acids is 1. The summed E-state index contributed by atoms with van der Waals surface area (Å²) in [4.78, 5) is 27.7. The van der Waals surface area contributed by atoms with Gasteiger partial charge in [-0.3, -0.25) is 4.79 Å². The van der Waals surface area contributed by atoms with Crippen LogP contribution in [0.5, 0.6) is 11.5 Å². The molecule has 6 nitrogen and oxygen atoms in total. The monoisotopic (exact) mass is 554 g/mol. The van der Waals surface area contributed by atoms with Gasteiger partial charge in [0.2, 0.25) is 0 Å². The van der Waals surface area contributed by atoms with Crippen molar-refractivity contribution >= 4 is 29.2 Å². The molecule has 0 bridgehead atoms. The van der Waals surface area contributed by atoms with Crippen molar-refractivity contribution in [1.82, 2.24) is 5.32 Å². The van der Waals surface area contributed by atoms with E-state index in [2.05, 4.69) is 10.2 Å². The summed E-state index contributed by atoms with van der Waals surface area (Å²) in [6, 6.07) is 29.1. The van der Waals surface area contributed by atoms with Crippen molar-refractivity contribution in [2.24, 2.45) is 0 Å². The summed E-state index contributed by atoms with van der Waals surface area (Å²) in [6.07, 6.45) is 3.42. The second kappa shape index (κ2) is 12.7. The lowest BCUT2D eigenvalue weighted by Crippen LogP contribution is -2.43. The number of amides is 1. The van der Waals surface area contributed by atoms with Crippen LogP contribution in [0.4, 0.5) is 5.69 Å². The Morgan fingerprint density at radius 2 is 1.57 bits per heavy atom. The van der Waals surface area contributed by atoms with Crippen molar-refractivity contribution in [3.63, 3.8) is 0 Å². The first kappa shape index (κ1) is 27.3. The molecule has 1 fully saturated rings. The molecule has 1 atom stereocenters. The highest BCUT2D eigenvalue weighted by Gasteiger charge is 2.25. The zero-order valence-electron chi connectivity index (χ0n) is 22.1. The number of piperidine rings is 1. The number of rotatable bonds is 9. The number of carboxylic acids is 1. The van der Waals surface area contributed by atoms with Gasteiger partial charge in [-0.25, -0.2) is 4.79 Å². The Labute approximate surface area is 239 Å². The molecule has 1 amide bonds. The van der Waals surface area contributed by atoms with Crippen LogP contribution in [0.25, 0.3) is 11.1 Å². The van der Waals surface area contributed by atoms with Gasteiger partial charge in [0.1, 0.15) is 17.5 Å². The minimum atomic E-state index is -1.10. The topological polar surface area (TPSA) is 78.9 Å². The van der Waals surface area contributed by atoms with E-state index in [9.17, 15) is 14.7 Å². The molecule has 0 saturated carbocycles. The van der Waals surface area contributed by atoms with E-state index >= 15 is 0 Å². The van der Waals surface area contributed by atoms with E-state index in [4.69, 9.17) is 16.3 Å². The van der Waals surface area contributed by atoms with Crippen LogP contribution in [0.3, 0.4) is 0 Å².